The van der Waals surface area contributed by atoms with Crippen molar-refractivity contribution in [1.29, 1.82) is 0 Å². The van der Waals surface area contributed by atoms with Gasteiger partial charge >= 0.3 is 5.97 Å². The number of hydrogen-bond donors (Lipinski definition) is 2. The third-order valence-electron chi connectivity index (χ3n) is 6.33. The summed E-state index contributed by atoms with van der Waals surface area (Å²) < 4.78 is 5.14. The van der Waals surface area contributed by atoms with E-state index in [-0.39, 0.29) is 12.1 Å². The molecular formula is C23H35N7O3S. The largest absolute Gasteiger partial charge is 0.462 e. The van der Waals surface area contributed by atoms with Gasteiger partial charge in [-0.15, -0.1) is 0 Å². The standard InChI is InChI=1S/C23H35N7O3S/c1-5-33-21(32)20-16(4)24-23(34-20)27-22-25-18(29-8-6-17(31)7-9-29)14-19(26-22)30-12-10-28(11-13-30)15(2)3/h14-15,17,31H,5-13H2,1-4H3,(H,24,25,26,27). The van der Waals surface area contributed by atoms with Crippen molar-refractivity contribution in [3.8, 4) is 0 Å². The number of carbonyl (C=O) groups is 1. The number of nitrogens with zero attached hydrogens (tertiary/aromatic N) is 6. The molecular weight excluding hydrogens is 454 g/mol. The van der Waals surface area contributed by atoms with Crippen molar-refractivity contribution in [2.45, 2.75) is 52.7 Å². The van der Waals surface area contributed by atoms with E-state index in [4.69, 9.17) is 14.7 Å². The molecule has 0 amide bonds. The Balaban J connectivity index is 1.59. The number of carbonyl (C=O) groups excluding carboxylic acids is 1. The summed E-state index contributed by atoms with van der Waals surface area (Å²) in [6.07, 6.45) is 1.20. The maximum atomic E-state index is 12.2. The van der Waals surface area contributed by atoms with E-state index in [1.165, 1.54) is 11.3 Å². The first kappa shape index (κ1) is 24.6. The van der Waals surface area contributed by atoms with E-state index in [1.54, 1.807) is 13.8 Å². The van der Waals surface area contributed by atoms with E-state index in [2.05, 4.69) is 38.8 Å². The van der Waals surface area contributed by atoms with E-state index in [9.17, 15) is 9.90 Å². The number of ether oxygens (including phenoxy) is 1. The van der Waals surface area contributed by atoms with Crippen LogP contribution in [0.25, 0.3) is 0 Å². The second kappa shape index (κ2) is 10.8. The summed E-state index contributed by atoms with van der Waals surface area (Å²) in [5.74, 6) is 1.80. The smallest absolute Gasteiger partial charge is 0.350 e. The predicted octanol–water partition coefficient (Wildman–Crippen LogP) is 2.65. The quantitative estimate of drug-likeness (QED) is 0.564. The molecule has 186 valence electrons. The fourth-order valence-corrected chi connectivity index (χ4v) is 5.15. The Bertz CT molecular complexity index is 983. The minimum atomic E-state index is -0.365. The zero-order valence-electron chi connectivity index (χ0n) is 20.5. The molecule has 0 saturated carbocycles. The number of piperidine rings is 1. The molecule has 2 aliphatic heterocycles. The number of esters is 1. The summed E-state index contributed by atoms with van der Waals surface area (Å²) in [5.41, 5.74) is 0.622. The van der Waals surface area contributed by atoms with Crippen LogP contribution in [0.1, 0.15) is 49.0 Å². The lowest BCUT2D eigenvalue weighted by molar-refractivity contribution is 0.0531. The number of nitrogens with one attached hydrogen (secondary N) is 1. The van der Waals surface area contributed by atoms with Crippen molar-refractivity contribution < 1.29 is 14.6 Å². The highest BCUT2D eigenvalue weighted by atomic mass is 32.1. The van der Waals surface area contributed by atoms with Crippen molar-refractivity contribution in [2.75, 3.05) is 61.0 Å². The van der Waals surface area contributed by atoms with Crippen molar-refractivity contribution in [1.82, 2.24) is 19.9 Å². The maximum absolute atomic E-state index is 12.2. The molecule has 0 spiro atoms. The normalized spacial score (nSPS) is 17.9. The van der Waals surface area contributed by atoms with E-state index in [0.29, 0.717) is 34.3 Å². The van der Waals surface area contributed by atoms with Crippen molar-refractivity contribution in [3.05, 3.63) is 16.6 Å². The number of piperazine rings is 1. The third kappa shape index (κ3) is 5.76. The van der Waals surface area contributed by atoms with Crippen molar-refractivity contribution >= 4 is 40.0 Å². The van der Waals surface area contributed by atoms with Crippen LogP contribution in [0.15, 0.2) is 6.07 Å². The van der Waals surface area contributed by atoms with Gasteiger partial charge in [-0.05, 0) is 40.5 Å². The first-order valence-corrected chi connectivity index (χ1v) is 12.9. The van der Waals surface area contributed by atoms with Crippen LogP contribution in [0.4, 0.5) is 22.7 Å². The first-order chi connectivity index (χ1) is 16.3. The number of aromatic nitrogens is 3. The van der Waals surface area contributed by atoms with Crippen LogP contribution in [0, 0.1) is 6.92 Å². The zero-order valence-corrected chi connectivity index (χ0v) is 21.3. The number of rotatable bonds is 7. The van der Waals surface area contributed by atoms with Crippen LogP contribution >= 0.6 is 11.3 Å². The summed E-state index contributed by atoms with van der Waals surface area (Å²) in [5, 5.41) is 13.7. The predicted molar refractivity (Wildman–Crippen MR) is 134 cm³/mol. The van der Waals surface area contributed by atoms with Crippen LogP contribution in [0.3, 0.4) is 0 Å². The molecule has 4 rings (SSSR count). The Labute approximate surface area is 205 Å². The Morgan fingerprint density at radius 3 is 2.32 bits per heavy atom. The first-order valence-electron chi connectivity index (χ1n) is 12.1. The average Bonchev–Trinajstić information content (AvgIpc) is 3.19. The molecule has 10 nitrogen and oxygen atoms in total. The van der Waals surface area contributed by atoms with Gasteiger partial charge < -0.3 is 19.6 Å². The van der Waals surface area contributed by atoms with Crippen LogP contribution < -0.4 is 15.1 Å². The maximum Gasteiger partial charge on any atom is 0.350 e. The van der Waals surface area contributed by atoms with Crippen LogP contribution in [0.5, 0.6) is 0 Å². The fraction of sp³-hybridized carbons (Fsp3) is 0.652. The van der Waals surface area contributed by atoms with E-state index >= 15 is 0 Å². The summed E-state index contributed by atoms with van der Waals surface area (Å²) in [4.78, 5) is 33.7. The third-order valence-corrected chi connectivity index (χ3v) is 7.39. The van der Waals surface area contributed by atoms with Gasteiger partial charge in [0.1, 0.15) is 16.5 Å². The topological polar surface area (TPSA) is 107 Å². The minimum absolute atomic E-state index is 0.251. The minimum Gasteiger partial charge on any atom is -0.462 e. The van der Waals surface area contributed by atoms with E-state index in [0.717, 1.165) is 63.7 Å². The molecule has 2 fully saturated rings. The number of aliphatic hydroxyl groups is 1. The molecule has 2 N–H and O–H groups in total. The highest BCUT2D eigenvalue weighted by molar-refractivity contribution is 7.17. The number of anilines is 4. The molecule has 0 aromatic carbocycles. The lowest BCUT2D eigenvalue weighted by Gasteiger charge is -2.38. The van der Waals surface area contributed by atoms with Gasteiger partial charge in [-0.1, -0.05) is 11.3 Å². The van der Waals surface area contributed by atoms with Gasteiger partial charge in [0.2, 0.25) is 5.95 Å². The monoisotopic (exact) mass is 489 g/mol. The average molecular weight is 490 g/mol. The van der Waals surface area contributed by atoms with Gasteiger partial charge in [-0.25, -0.2) is 9.78 Å². The second-order valence-electron chi connectivity index (χ2n) is 9.02. The van der Waals surface area contributed by atoms with Gasteiger partial charge in [0, 0.05) is 51.4 Å². The fourth-order valence-electron chi connectivity index (χ4n) is 4.30. The van der Waals surface area contributed by atoms with E-state index < -0.39 is 0 Å². The Kier molecular flexibility index (Phi) is 7.84. The molecule has 0 aliphatic carbocycles. The molecule has 2 aromatic rings. The summed E-state index contributed by atoms with van der Waals surface area (Å²) >= 11 is 1.25. The molecule has 0 radical (unpaired) electrons. The van der Waals surface area contributed by atoms with Crippen LogP contribution in [-0.4, -0.2) is 88.9 Å². The molecule has 2 saturated heterocycles. The van der Waals surface area contributed by atoms with Crippen molar-refractivity contribution in [2.24, 2.45) is 0 Å². The lowest BCUT2D eigenvalue weighted by atomic mass is 10.1. The SMILES string of the molecule is CCOC(=O)c1sc(Nc2nc(N3CCC(O)CC3)cc(N3CCN(C(C)C)CC3)n2)nc1C. The highest BCUT2D eigenvalue weighted by Crippen LogP contribution is 2.29. The number of thiazole rings is 1. The molecule has 0 bridgehead atoms. The number of aliphatic hydroxyl groups excluding tert-OH is 1. The molecule has 34 heavy (non-hydrogen) atoms. The molecule has 0 unspecified atom stereocenters. The van der Waals surface area contributed by atoms with Crippen molar-refractivity contribution in [3.63, 3.8) is 0 Å². The number of hydrogen-bond acceptors (Lipinski definition) is 11. The van der Waals surface area contributed by atoms with Crippen LogP contribution in [-0.2, 0) is 4.74 Å². The zero-order chi connectivity index (χ0) is 24.2. The van der Waals surface area contributed by atoms with E-state index in [1.807, 2.05) is 6.07 Å². The van der Waals surface area contributed by atoms with Gasteiger partial charge in [-0.3, -0.25) is 10.2 Å². The molecule has 2 aromatic heterocycles. The Morgan fingerprint density at radius 2 is 1.74 bits per heavy atom. The highest BCUT2D eigenvalue weighted by Gasteiger charge is 2.24. The Hall–Kier alpha value is -2.50. The Morgan fingerprint density at radius 1 is 1.12 bits per heavy atom. The summed E-state index contributed by atoms with van der Waals surface area (Å²) in [6.45, 7) is 13.6. The van der Waals surface area contributed by atoms with Gasteiger partial charge in [0.25, 0.3) is 0 Å². The molecule has 0 atom stereocenters. The van der Waals surface area contributed by atoms with Gasteiger partial charge in [0.05, 0.1) is 18.4 Å². The number of aryl methyl sites for hydroxylation is 1. The summed E-state index contributed by atoms with van der Waals surface area (Å²) in [7, 11) is 0. The molecule has 11 heteroatoms. The second-order valence-corrected chi connectivity index (χ2v) is 10.0. The van der Waals surface area contributed by atoms with Crippen LogP contribution in [0.2, 0.25) is 0 Å². The van der Waals surface area contributed by atoms with Gasteiger partial charge in [-0.2, -0.15) is 9.97 Å². The van der Waals surface area contributed by atoms with Gasteiger partial charge in [0.15, 0.2) is 5.13 Å². The molecule has 4 heterocycles. The summed E-state index contributed by atoms with van der Waals surface area (Å²) in [6, 6.07) is 2.58. The lowest BCUT2D eigenvalue weighted by Crippen LogP contribution is -2.49. The molecule has 2 aliphatic rings.